The summed E-state index contributed by atoms with van der Waals surface area (Å²) in [5, 5.41) is 9.68. The first-order valence-electron chi connectivity index (χ1n) is 7.71. The highest BCUT2D eigenvalue weighted by Gasteiger charge is 2.16. The quantitative estimate of drug-likeness (QED) is 0.540. The summed E-state index contributed by atoms with van der Waals surface area (Å²) >= 11 is 15.0. The molecule has 0 fully saturated rings. The van der Waals surface area contributed by atoms with Crippen LogP contribution in [0.4, 0.5) is 0 Å². The molecule has 0 aliphatic heterocycles. The van der Waals surface area contributed by atoms with E-state index in [1.54, 1.807) is 11.9 Å². The summed E-state index contributed by atoms with van der Waals surface area (Å²) in [5.41, 5.74) is 0.814. The van der Waals surface area contributed by atoms with E-state index >= 15 is 0 Å². The molecule has 5 nitrogen and oxygen atoms in total. The number of benzene rings is 1. The Morgan fingerprint density at radius 3 is 2.69 bits per heavy atom. The second-order valence-electron chi connectivity index (χ2n) is 5.59. The second-order valence-corrected chi connectivity index (χ2v) is 8.74. The minimum atomic E-state index is 0.0156. The molecule has 0 spiro atoms. The highest BCUT2D eigenvalue weighted by atomic mass is 35.5. The molecule has 2 aromatic heterocycles. The summed E-state index contributed by atoms with van der Waals surface area (Å²) in [4.78, 5) is 15.1. The van der Waals surface area contributed by atoms with E-state index in [2.05, 4.69) is 10.2 Å². The number of hydrogen-bond donors (Lipinski definition) is 0. The zero-order chi connectivity index (χ0) is 18.7. The van der Waals surface area contributed by atoms with Gasteiger partial charge in [-0.25, -0.2) is 0 Å². The number of rotatable bonds is 6. The lowest BCUT2D eigenvalue weighted by Gasteiger charge is -2.15. The average molecular weight is 427 g/mol. The van der Waals surface area contributed by atoms with Crippen molar-refractivity contribution in [2.45, 2.75) is 11.7 Å². The third-order valence-electron chi connectivity index (χ3n) is 3.72. The molecular formula is C17H16Cl2N4OS2. The minimum absolute atomic E-state index is 0.0156. The first kappa shape index (κ1) is 19.2. The highest BCUT2D eigenvalue weighted by Crippen LogP contribution is 2.28. The third-order valence-corrected chi connectivity index (χ3v) is 6.27. The molecule has 0 atom stereocenters. The molecule has 0 radical (unpaired) electrons. The number of nitrogens with zero attached hydrogens (tertiary/aromatic N) is 4. The number of carbonyl (C=O) groups is 1. The molecule has 0 bridgehead atoms. The summed E-state index contributed by atoms with van der Waals surface area (Å²) in [5.74, 6) is 0.971. The number of amides is 1. The maximum Gasteiger partial charge on any atom is 0.233 e. The predicted octanol–water partition coefficient (Wildman–Crippen LogP) is 4.60. The Morgan fingerprint density at radius 2 is 2.00 bits per heavy atom. The molecular weight excluding hydrogens is 411 g/mol. The van der Waals surface area contributed by atoms with Crippen molar-refractivity contribution < 1.29 is 4.79 Å². The predicted molar refractivity (Wildman–Crippen MR) is 108 cm³/mol. The number of thioether (sulfide) groups is 1. The Bertz CT molecular complexity index is 925. The van der Waals surface area contributed by atoms with Crippen molar-refractivity contribution in [3.63, 3.8) is 0 Å². The van der Waals surface area contributed by atoms with Gasteiger partial charge in [0.25, 0.3) is 0 Å². The van der Waals surface area contributed by atoms with Crippen LogP contribution in [0, 0.1) is 0 Å². The van der Waals surface area contributed by atoms with Crippen molar-refractivity contribution in [3.8, 4) is 11.4 Å². The van der Waals surface area contributed by atoms with Crippen molar-refractivity contribution in [2.75, 3.05) is 12.8 Å². The van der Waals surface area contributed by atoms with Crippen LogP contribution in [0.3, 0.4) is 0 Å². The van der Waals surface area contributed by atoms with Gasteiger partial charge in [-0.05, 0) is 24.3 Å². The molecule has 2 heterocycles. The van der Waals surface area contributed by atoms with E-state index in [0.29, 0.717) is 22.5 Å². The molecule has 0 saturated heterocycles. The Balaban J connectivity index is 1.63. The van der Waals surface area contributed by atoms with Gasteiger partial charge in [0.15, 0.2) is 11.0 Å². The van der Waals surface area contributed by atoms with Crippen LogP contribution in [0.15, 0.2) is 41.6 Å². The first-order valence-corrected chi connectivity index (χ1v) is 10.3. The van der Waals surface area contributed by atoms with Crippen LogP contribution in [0.1, 0.15) is 4.88 Å². The van der Waals surface area contributed by atoms with Gasteiger partial charge < -0.3 is 9.47 Å². The highest BCUT2D eigenvalue weighted by molar-refractivity contribution is 7.99. The van der Waals surface area contributed by atoms with Gasteiger partial charge in [0, 0.05) is 24.5 Å². The normalized spacial score (nSPS) is 10.9. The molecule has 0 aliphatic rings. The molecule has 1 aromatic carbocycles. The molecule has 0 N–H and O–H groups in total. The van der Waals surface area contributed by atoms with Crippen molar-refractivity contribution in [1.29, 1.82) is 0 Å². The minimum Gasteiger partial charge on any atom is -0.340 e. The molecule has 0 saturated carbocycles. The van der Waals surface area contributed by atoms with E-state index in [4.69, 9.17) is 23.2 Å². The van der Waals surface area contributed by atoms with Crippen LogP contribution in [-0.4, -0.2) is 38.4 Å². The van der Waals surface area contributed by atoms with E-state index in [0.717, 1.165) is 14.8 Å². The maximum absolute atomic E-state index is 12.4. The van der Waals surface area contributed by atoms with Crippen molar-refractivity contribution in [3.05, 3.63) is 50.6 Å². The smallest absolute Gasteiger partial charge is 0.233 e. The monoisotopic (exact) mass is 426 g/mol. The Kier molecular flexibility index (Phi) is 6.24. The largest absolute Gasteiger partial charge is 0.340 e. The van der Waals surface area contributed by atoms with Gasteiger partial charge in [-0.15, -0.1) is 21.5 Å². The van der Waals surface area contributed by atoms with Crippen molar-refractivity contribution in [2.24, 2.45) is 7.05 Å². The van der Waals surface area contributed by atoms with E-state index in [9.17, 15) is 4.79 Å². The van der Waals surface area contributed by atoms with E-state index in [1.165, 1.54) is 23.1 Å². The number of aromatic nitrogens is 3. The Hall–Kier alpha value is -1.54. The molecule has 1 amide bonds. The molecule has 9 heteroatoms. The Morgan fingerprint density at radius 1 is 1.23 bits per heavy atom. The zero-order valence-electron chi connectivity index (χ0n) is 14.1. The number of hydrogen-bond acceptors (Lipinski definition) is 5. The van der Waals surface area contributed by atoms with E-state index < -0.39 is 0 Å². The van der Waals surface area contributed by atoms with Crippen LogP contribution < -0.4 is 0 Å². The van der Waals surface area contributed by atoms with E-state index in [-0.39, 0.29) is 11.7 Å². The van der Waals surface area contributed by atoms with Gasteiger partial charge in [0.05, 0.1) is 21.7 Å². The van der Waals surface area contributed by atoms with Crippen molar-refractivity contribution >= 4 is 52.2 Å². The fourth-order valence-corrected chi connectivity index (χ4v) is 4.53. The fraction of sp³-hybridized carbons (Fsp3) is 0.235. The number of carbonyl (C=O) groups excluding carboxylic acids is 1. The SMILES string of the molecule is CN(Cc1ccc(Cl)s1)C(=O)CSc1nnc(-c2ccccc2Cl)n1C. The number of halogens is 2. The molecule has 0 unspecified atom stereocenters. The van der Waals surface area contributed by atoms with Crippen LogP contribution >= 0.6 is 46.3 Å². The summed E-state index contributed by atoms with van der Waals surface area (Å²) in [7, 11) is 3.64. The van der Waals surface area contributed by atoms with Gasteiger partial charge in [-0.2, -0.15) is 0 Å². The van der Waals surface area contributed by atoms with E-state index in [1.807, 2.05) is 48.0 Å². The molecule has 136 valence electrons. The first-order chi connectivity index (χ1) is 12.5. The van der Waals surface area contributed by atoms with Gasteiger partial charge in [0.1, 0.15) is 0 Å². The van der Waals surface area contributed by atoms with Crippen LogP contribution in [0.25, 0.3) is 11.4 Å². The fourth-order valence-electron chi connectivity index (χ4n) is 2.31. The third kappa shape index (κ3) is 4.40. The van der Waals surface area contributed by atoms with Crippen LogP contribution in [0.5, 0.6) is 0 Å². The summed E-state index contributed by atoms with van der Waals surface area (Å²) < 4.78 is 2.57. The van der Waals surface area contributed by atoms with Gasteiger partial charge >= 0.3 is 0 Å². The molecule has 3 aromatic rings. The van der Waals surface area contributed by atoms with Crippen LogP contribution in [-0.2, 0) is 18.4 Å². The lowest BCUT2D eigenvalue weighted by atomic mass is 10.2. The maximum atomic E-state index is 12.4. The lowest BCUT2D eigenvalue weighted by Crippen LogP contribution is -2.27. The van der Waals surface area contributed by atoms with Crippen LogP contribution in [0.2, 0.25) is 9.36 Å². The van der Waals surface area contributed by atoms with Gasteiger partial charge in [-0.3, -0.25) is 4.79 Å². The Labute approximate surface area is 169 Å². The topological polar surface area (TPSA) is 51.0 Å². The summed E-state index contributed by atoms with van der Waals surface area (Å²) in [6, 6.07) is 11.2. The zero-order valence-corrected chi connectivity index (χ0v) is 17.3. The molecule has 3 rings (SSSR count). The summed E-state index contributed by atoms with van der Waals surface area (Å²) in [6.07, 6.45) is 0. The van der Waals surface area contributed by atoms with Gasteiger partial charge in [0.2, 0.25) is 5.91 Å². The summed E-state index contributed by atoms with van der Waals surface area (Å²) in [6.45, 7) is 0.542. The molecule has 26 heavy (non-hydrogen) atoms. The number of thiophene rings is 1. The van der Waals surface area contributed by atoms with Gasteiger partial charge in [-0.1, -0.05) is 47.1 Å². The standard InChI is InChI=1S/C17H16Cl2N4OS2/c1-22(9-11-7-8-14(19)26-11)15(24)10-25-17-21-20-16(23(17)2)12-5-3-4-6-13(12)18/h3-8H,9-10H2,1-2H3. The average Bonchev–Trinajstić information content (AvgIpc) is 3.19. The lowest BCUT2D eigenvalue weighted by molar-refractivity contribution is -0.127. The second kappa shape index (κ2) is 8.43. The molecule has 0 aliphatic carbocycles. The van der Waals surface area contributed by atoms with Crippen molar-refractivity contribution in [1.82, 2.24) is 19.7 Å².